The largest absolute Gasteiger partial charge is 0.465 e. The van der Waals surface area contributed by atoms with Gasteiger partial charge < -0.3 is 10.5 Å². The molecule has 100 valence electrons. The Kier molecular flexibility index (Phi) is 2.83. The molecule has 2 N–H and O–H groups in total. The second-order valence-corrected chi connectivity index (χ2v) is 4.27. The fourth-order valence-corrected chi connectivity index (χ4v) is 2.00. The molecule has 0 unspecified atom stereocenters. The molecule has 6 nitrogen and oxygen atoms in total. The van der Waals surface area contributed by atoms with Crippen LogP contribution >= 0.6 is 0 Å². The third-order valence-corrected chi connectivity index (χ3v) is 2.98. The summed E-state index contributed by atoms with van der Waals surface area (Å²) in [5, 5.41) is 5.23. The number of esters is 1. The predicted octanol–water partition coefficient (Wildman–Crippen LogP) is 1.79. The Hall–Kier alpha value is -2.89. The van der Waals surface area contributed by atoms with E-state index in [4.69, 9.17) is 10.5 Å². The van der Waals surface area contributed by atoms with E-state index in [1.807, 2.05) is 18.2 Å². The quantitative estimate of drug-likeness (QED) is 0.566. The highest BCUT2D eigenvalue weighted by Crippen LogP contribution is 2.20. The number of nitrogens with two attached hydrogens (primary N) is 1. The van der Waals surface area contributed by atoms with E-state index in [-0.39, 0.29) is 0 Å². The Morgan fingerprint density at radius 1 is 1.30 bits per heavy atom. The van der Waals surface area contributed by atoms with Crippen molar-refractivity contribution in [1.29, 1.82) is 0 Å². The summed E-state index contributed by atoms with van der Waals surface area (Å²) in [6.45, 7) is 0. The van der Waals surface area contributed by atoms with Crippen molar-refractivity contribution in [2.45, 2.75) is 0 Å². The van der Waals surface area contributed by atoms with Crippen LogP contribution in [-0.2, 0) is 4.74 Å². The molecule has 0 saturated heterocycles. The van der Waals surface area contributed by atoms with E-state index < -0.39 is 5.97 Å². The molecule has 0 saturated carbocycles. The van der Waals surface area contributed by atoms with Crippen LogP contribution in [0.5, 0.6) is 0 Å². The van der Waals surface area contributed by atoms with Crippen molar-refractivity contribution in [1.82, 2.24) is 14.8 Å². The average Bonchev–Trinajstić information content (AvgIpc) is 2.89. The standard InChI is InChI=1S/C14H12N4O2/c1-20-14(19)9-4-5-16-13(6-9)18-12-7-11(15)3-2-10(12)8-17-18/h2-8H,15H2,1H3. The molecule has 20 heavy (non-hydrogen) atoms. The summed E-state index contributed by atoms with van der Waals surface area (Å²) < 4.78 is 6.34. The zero-order chi connectivity index (χ0) is 14.1. The number of hydrogen-bond donors (Lipinski definition) is 1. The van der Waals surface area contributed by atoms with Crippen molar-refractivity contribution in [2.24, 2.45) is 0 Å². The highest BCUT2D eigenvalue weighted by atomic mass is 16.5. The Bertz CT molecular complexity index is 795. The summed E-state index contributed by atoms with van der Waals surface area (Å²) >= 11 is 0. The summed E-state index contributed by atoms with van der Waals surface area (Å²) in [7, 11) is 1.34. The molecule has 0 atom stereocenters. The summed E-state index contributed by atoms with van der Waals surface area (Å²) in [5.41, 5.74) is 7.69. The number of hydrogen-bond acceptors (Lipinski definition) is 5. The number of ether oxygens (including phenoxy) is 1. The number of aromatic nitrogens is 3. The minimum Gasteiger partial charge on any atom is -0.465 e. The van der Waals surface area contributed by atoms with Crippen molar-refractivity contribution >= 4 is 22.6 Å². The van der Waals surface area contributed by atoms with Gasteiger partial charge in [0.2, 0.25) is 0 Å². The van der Waals surface area contributed by atoms with Crippen LogP contribution < -0.4 is 5.73 Å². The number of carbonyl (C=O) groups is 1. The van der Waals surface area contributed by atoms with E-state index in [0.29, 0.717) is 17.1 Å². The fourth-order valence-electron chi connectivity index (χ4n) is 2.00. The van der Waals surface area contributed by atoms with Crippen LogP contribution in [0.25, 0.3) is 16.7 Å². The number of anilines is 1. The van der Waals surface area contributed by atoms with E-state index in [9.17, 15) is 4.79 Å². The maximum atomic E-state index is 11.6. The second-order valence-electron chi connectivity index (χ2n) is 4.27. The van der Waals surface area contributed by atoms with Gasteiger partial charge in [-0.3, -0.25) is 0 Å². The Balaban J connectivity index is 2.16. The Morgan fingerprint density at radius 3 is 2.95 bits per heavy atom. The number of benzene rings is 1. The minimum absolute atomic E-state index is 0.412. The third-order valence-electron chi connectivity index (χ3n) is 2.98. The summed E-state index contributed by atoms with van der Waals surface area (Å²) in [5.74, 6) is 0.123. The van der Waals surface area contributed by atoms with Crippen molar-refractivity contribution in [3.63, 3.8) is 0 Å². The van der Waals surface area contributed by atoms with Crippen LogP contribution in [0.15, 0.2) is 42.7 Å². The van der Waals surface area contributed by atoms with Crippen LogP contribution in [-0.4, -0.2) is 27.8 Å². The molecular weight excluding hydrogens is 256 g/mol. The molecule has 2 heterocycles. The number of nitrogens with zero attached hydrogens (tertiary/aromatic N) is 3. The van der Waals surface area contributed by atoms with Gasteiger partial charge in [-0.15, -0.1) is 0 Å². The number of nitrogen functional groups attached to an aromatic ring is 1. The topological polar surface area (TPSA) is 83.0 Å². The lowest BCUT2D eigenvalue weighted by Gasteiger charge is -2.05. The lowest BCUT2D eigenvalue weighted by molar-refractivity contribution is 0.0600. The van der Waals surface area contributed by atoms with E-state index in [0.717, 1.165) is 10.9 Å². The van der Waals surface area contributed by atoms with Crippen molar-refractivity contribution < 1.29 is 9.53 Å². The van der Waals surface area contributed by atoms with Crippen LogP contribution in [0.2, 0.25) is 0 Å². The van der Waals surface area contributed by atoms with E-state index in [2.05, 4.69) is 10.1 Å². The third kappa shape index (κ3) is 1.97. The molecule has 0 aliphatic heterocycles. The summed E-state index contributed by atoms with van der Waals surface area (Å²) in [4.78, 5) is 15.8. The Labute approximate surface area is 114 Å². The Morgan fingerprint density at radius 2 is 2.15 bits per heavy atom. The van der Waals surface area contributed by atoms with Gasteiger partial charge in [-0.2, -0.15) is 5.10 Å². The van der Waals surface area contributed by atoms with Gasteiger partial charge in [0, 0.05) is 17.3 Å². The van der Waals surface area contributed by atoms with Crippen LogP contribution in [0.4, 0.5) is 5.69 Å². The normalized spacial score (nSPS) is 10.7. The predicted molar refractivity (Wildman–Crippen MR) is 74.6 cm³/mol. The molecule has 2 aromatic heterocycles. The molecule has 3 aromatic rings. The first-order chi connectivity index (χ1) is 9.69. The molecule has 6 heteroatoms. The molecule has 0 amide bonds. The van der Waals surface area contributed by atoms with Gasteiger partial charge in [-0.1, -0.05) is 0 Å². The van der Waals surface area contributed by atoms with E-state index in [1.165, 1.54) is 7.11 Å². The lowest BCUT2D eigenvalue weighted by Crippen LogP contribution is -2.05. The van der Waals surface area contributed by atoms with Gasteiger partial charge in [0.05, 0.1) is 24.4 Å². The van der Waals surface area contributed by atoms with Gasteiger partial charge in [-0.25, -0.2) is 14.5 Å². The number of methoxy groups -OCH3 is 1. The first-order valence-corrected chi connectivity index (χ1v) is 5.97. The van der Waals surface area contributed by atoms with Crippen molar-refractivity contribution in [2.75, 3.05) is 12.8 Å². The molecule has 0 aliphatic carbocycles. The zero-order valence-corrected chi connectivity index (χ0v) is 10.8. The lowest BCUT2D eigenvalue weighted by atomic mass is 10.2. The SMILES string of the molecule is COC(=O)c1ccnc(-n2ncc3ccc(N)cc32)c1. The molecule has 0 spiro atoms. The van der Waals surface area contributed by atoms with Crippen LogP contribution in [0.1, 0.15) is 10.4 Å². The molecule has 0 aliphatic rings. The van der Waals surface area contributed by atoms with Gasteiger partial charge in [-0.05, 0) is 30.3 Å². The fraction of sp³-hybridized carbons (Fsp3) is 0.0714. The summed E-state index contributed by atoms with van der Waals surface area (Å²) in [6, 6.07) is 8.73. The molecule has 0 fully saturated rings. The van der Waals surface area contributed by atoms with Gasteiger partial charge >= 0.3 is 5.97 Å². The van der Waals surface area contributed by atoms with Crippen LogP contribution in [0, 0.1) is 0 Å². The highest BCUT2D eigenvalue weighted by molar-refractivity contribution is 5.90. The molecule has 3 rings (SSSR count). The number of pyridine rings is 1. The summed E-state index contributed by atoms with van der Waals surface area (Å²) in [6.07, 6.45) is 3.27. The van der Waals surface area contributed by atoms with Crippen LogP contribution in [0.3, 0.4) is 0 Å². The zero-order valence-electron chi connectivity index (χ0n) is 10.8. The van der Waals surface area contributed by atoms with E-state index >= 15 is 0 Å². The number of carbonyl (C=O) groups excluding carboxylic acids is 1. The monoisotopic (exact) mass is 268 g/mol. The maximum Gasteiger partial charge on any atom is 0.338 e. The maximum absolute atomic E-state index is 11.6. The smallest absolute Gasteiger partial charge is 0.338 e. The van der Waals surface area contributed by atoms with Crippen molar-refractivity contribution in [3.05, 3.63) is 48.3 Å². The van der Waals surface area contributed by atoms with Crippen molar-refractivity contribution in [3.8, 4) is 5.82 Å². The molecular formula is C14H12N4O2. The van der Waals surface area contributed by atoms with Gasteiger partial charge in [0.25, 0.3) is 0 Å². The molecule has 1 aromatic carbocycles. The minimum atomic E-state index is -0.412. The first kappa shape index (κ1) is 12.2. The first-order valence-electron chi connectivity index (χ1n) is 5.97. The van der Waals surface area contributed by atoms with E-state index in [1.54, 1.807) is 29.2 Å². The van der Waals surface area contributed by atoms with Gasteiger partial charge in [0.15, 0.2) is 5.82 Å². The highest BCUT2D eigenvalue weighted by Gasteiger charge is 2.10. The number of fused-ring (bicyclic) bond motifs is 1. The van der Waals surface area contributed by atoms with Gasteiger partial charge in [0.1, 0.15) is 0 Å². The average molecular weight is 268 g/mol. The molecule has 0 bridgehead atoms. The number of rotatable bonds is 2. The molecule has 0 radical (unpaired) electrons. The second kappa shape index (κ2) is 4.65.